The number of nitrogens with zero attached hydrogens (tertiary/aromatic N) is 3. The highest BCUT2D eigenvalue weighted by atomic mass is 79.9. The van der Waals surface area contributed by atoms with Gasteiger partial charge in [0, 0.05) is 11.0 Å². The van der Waals surface area contributed by atoms with Crippen LogP contribution >= 0.6 is 15.9 Å². The molecule has 0 bridgehead atoms. The van der Waals surface area contributed by atoms with Crippen molar-refractivity contribution in [1.82, 2.24) is 19.7 Å². The molecule has 0 aliphatic rings. The Morgan fingerprint density at radius 3 is 2.91 bits per heavy atom. The third kappa shape index (κ3) is 3.82. The summed E-state index contributed by atoms with van der Waals surface area (Å²) < 4.78 is 15.9. The highest BCUT2D eigenvalue weighted by molar-refractivity contribution is 9.10. The smallest absolute Gasteiger partial charge is 0.404 e. The molecule has 2 rings (SSSR count). The summed E-state index contributed by atoms with van der Waals surface area (Å²) in [7, 11) is 0. The maximum atomic E-state index is 12.8. The molecule has 0 spiro atoms. The standard InChI is InChI=1S/C13H12BrFN4O3/c14-10-2-1-3-11(4-10)18-8-17-19(13(18)22)7-9(5-15)6-16-12(20)21/h1-5,8,16H,6-7H2,(H,20,21)/b9-5+. The van der Waals surface area contributed by atoms with Crippen LogP contribution in [0.25, 0.3) is 5.69 Å². The lowest BCUT2D eigenvalue weighted by atomic mass is 10.3. The molecule has 1 aromatic carbocycles. The van der Waals surface area contributed by atoms with Gasteiger partial charge in [-0.15, -0.1) is 0 Å². The fraction of sp³-hybridized carbons (Fsp3) is 0.154. The van der Waals surface area contributed by atoms with E-state index in [1.165, 1.54) is 10.9 Å². The van der Waals surface area contributed by atoms with Crippen molar-refractivity contribution in [1.29, 1.82) is 0 Å². The van der Waals surface area contributed by atoms with Crippen molar-refractivity contribution in [3.8, 4) is 5.69 Å². The number of aromatic nitrogens is 3. The van der Waals surface area contributed by atoms with E-state index in [4.69, 9.17) is 5.11 Å². The van der Waals surface area contributed by atoms with Crippen molar-refractivity contribution in [2.45, 2.75) is 6.54 Å². The van der Waals surface area contributed by atoms with E-state index in [0.717, 1.165) is 9.15 Å². The maximum absolute atomic E-state index is 12.8. The van der Waals surface area contributed by atoms with Crippen molar-refractivity contribution >= 4 is 22.0 Å². The minimum atomic E-state index is -1.27. The third-order valence-electron chi connectivity index (χ3n) is 2.79. The van der Waals surface area contributed by atoms with Crippen LogP contribution in [0.5, 0.6) is 0 Å². The number of benzene rings is 1. The Hall–Kier alpha value is -2.42. The first-order chi connectivity index (χ1) is 10.5. The van der Waals surface area contributed by atoms with E-state index in [-0.39, 0.29) is 25.0 Å². The molecule has 0 radical (unpaired) electrons. The quantitative estimate of drug-likeness (QED) is 0.841. The zero-order valence-electron chi connectivity index (χ0n) is 11.2. The second-order valence-corrected chi connectivity index (χ2v) is 5.26. The number of rotatable bonds is 5. The van der Waals surface area contributed by atoms with E-state index in [2.05, 4.69) is 21.0 Å². The van der Waals surface area contributed by atoms with Crippen molar-refractivity contribution in [2.75, 3.05) is 6.54 Å². The number of nitrogens with one attached hydrogen (secondary N) is 1. The predicted octanol–water partition coefficient (Wildman–Crippen LogP) is 1.92. The summed E-state index contributed by atoms with van der Waals surface area (Å²) in [6.45, 7) is -0.362. The van der Waals surface area contributed by atoms with Crippen LogP contribution in [0.1, 0.15) is 0 Å². The summed E-state index contributed by atoms with van der Waals surface area (Å²) in [6, 6.07) is 7.06. The highest BCUT2D eigenvalue weighted by Gasteiger charge is 2.10. The summed E-state index contributed by atoms with van der Waals surface area (Å²) in [6.07, 6.45) is 0.316. The van der Waals surface area contributed by atoms with Crippen LogP contribution < -0.4 is 11.0 Å². The summed E-state index contributed by atoms with van der Waals surface area (Å²) in [4.78, 5) is 22.6. The number of carboxylic acid groups (broad SMARTS) is 1. The van der Waals surface area contributed by atoms with Gasteiger partial charge in [-0.3, -0.25) is 0 Å². The molecular formula is C13H12BrFN4O3. The summed E-state index contributed by atoms with van der Waals surface area (Å²) in [5, 5.41) is 14.4. The lowest BCUT2D eigenvalue weighted by molar-refractivity contribution is 0.195. The van der Waals surface area contributed by atoms with Gasteiger partial charge in [-0.05, 0) is 23.8 Å². The Morgan fingerprint density at radius 1 is 1.50 bits per heavy atom. The summed E-state index contributed by atoms with van der Waals surface area (Å²) >= 11 is 3.31. The molecule has 22 heavy (non-hydrogen) atoms. The molecule has 1 aromatic heterocycles. The molecule has 0 saturated heterocycles. The minimum absolute atomic E-state index is 0.0870. The van der Waals surface area contributed by atoms with Gasteiger partial charge < -0.3 is 10.4 Å². The van der Waals surface area contributed by atoms with Gasteiger partial charge in [0.2, 0.25) is 0 Å². The molecule has 2 N–H and O–H groups in total. The third-order valence-corrected chi connectivity index (χ3v) is 3.29. The number of halogens is 2. The first-order valence-electron chi connectivity index (χ1n) is 6.16. The Kier molecular flexibility index (Phi) is 5.10. The first-order valence-corrected chi connectivity index (χ1v) is 6.96. The second-order valence-electron chi connectivity index (χ2n) is 4.35. The van der Waals surface area contributed by atoms with E-state index in [1.807, 2.05) is 11.4 Å². The average molecular weight is 371 g/mol. The SMILES string of the molecule is O=C(O)NC/C(=C\F)Cn1ncn(-c2cccc(Br)c2)c1=O. The van der Waals surface area contributed by atoms with Gasteiger partial charge in [0.25, 0.3) is 0 Å². The van der Waals surface area contributed by atoms with Crippen LogP contribution in [0.15, 0.2) is 51.8 Å². The van der Waals surface area contributed by atoms with Gasteiger partial charge in [-0.25, -0.2) is 23.2 Å². The highest BCUT2D eigenvalue weighted by Crippen LogP contribution is 2.13. The molecular weight excluding hydrogens is 359 g/mol. The van der Waals surface area contributed by atoms with Gasteiger partial charge in [0.1, 0.15) is 6.33 Å². The van der Waals surface area contributed by atoms with E-state index in [1.54, 1.807) is 18.2 Å². The molecule has 7 nitrogen and oxygen atoms in total. The molecule has 1 amide bonds. The molecule has 0 aliphatic carbocycles. The van der Waals surface area contributed by atoms with Gasteiger partial charge in [0.15, 0.2) is 0 Å². The number of hydrogen-bond donors (Lipinski definition) is 2. The lowest BCUT2D eigenvalue weighted by Gasteiger charge is -2.05. The monoisotopic (exact) mass is 370 g/mol. The van der Waals surface area contributed by atoms with Crippen LogP contribution in [-0.4, -0.2) is 32.1 Å². The number of carbonyl (C=O) groups is 1. The Morgan fingerprint density at radius 2 is 2.27 bits per heavy atom. The maximum Gasteiger partial charge on any atom is 0.404 e. The molecule has 0 aliphatic heterocycles. The van der Waals surface area contributed by atoms with Crippen molar-refractivity contribution in [2.24, 2.45) is 0 Å². The van der Waals surface area contributed by atoms with Crippen LogP contribution in [0.2, 0.25) is 0 Å². The fourth-order valence-corrected chi connectivity index (χ4v) is 2.15. The van der Waals surface area contributed by atoms with Crippen LogP contribution in [0, 0.1) is 0 Å². The Bertz CT molecular complexity index is 769. The Labute approximate surface area is 132 Å². The molecule has 0 fully saturated rings. The molecule has 0 atom stereocenters. The number of hydrogen-bond acceptors (Lipinski definition) is 3. The fourth-order valence-electron chi connectivity index (χ4n) is 1.76. The molecule has 1 heterocycles. The molecule has 2 aromatic rings. The van der Waals surface area contributed by atoms with E-state index >= 15 is 0 Å². The second kappa shape index (κ2) is 7.03. The predicted molar refractivity (Wildman–Crippen MR) is 80.7 cm³/mol. The molecule has 0 saturated carbocycles. The van der Waals surface area contributed by atoms with Crippen molar-refractivity contribution in [3.63, 3.8) is 0 Å². The molecule has 116 valence electrons. The van der Waals surface area contributed by atoms with Gasteiger partial charge in [-0.2, -0.15) is 5.10 Å². The van der Waals surface area contributed by atoms with Gasteiger partial charge in [0.05, 0.1) is 18.6 Å². The molecule has 9 heteroatoms. The van der Waals surface area contributed by atoms with E-state index in [9.17, 15) is 14.0 Å². The average Bonchev–Trinajstić information content (AvgIpc) is 2.84. The van der Waals surface area contributed by atoms with Crippen LogP contribution in [0.4, 0.5) is 9.18 Å². The minimum Gasteiger partial charge on any atom is -0.465 e. The zero-order chi connectivity index (χ0) is 16.1. The normalized spacial score (nSPS) is 11.5. The summed E-state index contributed by atoms with van der Waals surface area (Å²) in [5.41, 5.74) is 0.247. The van der Waals surface area contributed by atoms with E-state index < -0.39 is 11.8 Å². The lowest BCUT2D eigenvalue weighted by Crippen LogP contribution is -2.29. The van der Waals surface area contributed by atoms with Crippen LogP contribution in [0.3, 0.4) is 0 Å². The summed E-state index contributed by atoms with van der Waals surface area (Å²) in [5.74, 6) is 0. The van der Waals surface area contributed by atoms with E-state index in [0.29, 0.717) is 5.69 Å². The number of amides is 1. The van der Waals surface area contributed by atoms with Crippen molar-refractivity contribution < 1.29 is 14.3 Å². The van der Waals surface area contributed by atoms with Gasteiger partial charge in [-0.1, -0.05) is 22.0 Å². The largest absolute Gasteiger partial charge is 0.465 e. The zero-order valence-corrected chi connectivity index (χ0v) is 12.8. The first kappa shape index (κ1) is 16.0. The Balaban J connectivity index is 2.21. The van der Waals surface area contributed by atoms with Crippen molar-refractivity contribution in [3.05, 3.63) is 57.5 Å². The van der Waals surface area contributed by atoms with Crippen LogP contribution in [-0.2, 0) is 6.54 Å². The molecule has 0 unspecified atom stereocenters. The topological polar surface area (TPSA) is 89.2 Å². The van der Waals surface area contributed by atoms with Gasteiger partial charge >= 0.3 is 11.8 Å².